The second-order valence-corrected chi connectivity index (χ2v) is 5.87. The molecule has 1 aromatic carbocycles. The lowest BCUT2D eigenvalue weighted by Gasteiger charge is -2.33. The third kappa shape index (κ3) is 3.89. The van der Waals surface area contributed by atoms with Crippen molar-refractivity contribution in [1.82, 2.24) is 4.90 Å². The number of allylic oxidation sites excluding steroid dienone is 1. The van der Waals surface area contributed by atoms with Crippen molar-refractivity contribution in [2.75, 3.05) is 20.2 Å². The molecular formula is C18H25NO3. The van der Waals surface area contributed by atoms with E-state index < -0.39 is 6.10 Å². The van der Waals surface area contributed by atoms with E-state index in [2.05, 4.69) is 0 Å². The van der Waals surface area contributed by atoms with Crippen LogP contribution in [-0.4, -0.2) is 42.2 Å². The maximum absolute atomic E-state index is 12.4. The summed E-state index contributed by atoms with van der Waals surface area (Å²) in [5.74, 6) is 1.05. The lowest BCUT2D eigenvalue weighted by atomic mass is 9.95. The van der Waals surface area contributed by atoms with Crippen LogP contribution in [0.1, 0.15) is 32.3 Å². The van der Waals surface area contributed by atoms with E-state index in [4.69, 9.17) is 4.74 Å². The van der Waals surface area contributed by atoms with Gasteiger partial charge in [0.1, 0.15) is 5.75 Å². The Morgan fingerprint density at radius 2 is 2.09 bits per heavy atom. The smallest absolute Gasteiger partial charge is 0.246 e. The van der Waals surface area contributed by atoms with Crippen molar-refractivity contribution >= 4 is 11.5 Å². The molecule has 2 atom stereocenters. The molecule has 0 spiro atoms. The summed E-state index contributed by atoms with van der Waals surface area (Å²) in [5, 5.41) is 9.93. The third-order valence-electron chi connectivity index (χ3n) is 4.37. The highest BCUT2D eigenvalue weighted by Crippen LogP contribution is 2.23. The second-order valence-electron chi connectivity index (χ2n) is 5.87. The molecular weight excluding hydrogens is 278 g/mol. The van der Waals surface area contributed by atoms with Gasteiger partial charge in [-0.2, -0.15) is 0 Å². The number of rotatable bonds is 4. The summed E-state index contributed by atoms with van der Waals surface area (Å²) in [6.45, 7) is 5.21. The molecule has 120 valence electrons. The van der Waals surface area contributed by atoms with Gasteiger partial charge in [0, 0.05) is 19.2 Å². The van der Waals surface area contributed by atoms with Crippen LogP contribution in [0.25, 0.3) is 5.57 Å². The number of aliphatic hydroxyl groups excluding tert-OH is 1. The molecule has 0 bridgehead atoms. The molecule has 0 saturated carbocycles. The van der Waals surface area contributed by atoms with Gasteiger partial charge in [0.15, 0.2) is 0 Å². The number of methoxy groups -OCH3 is 1. The minimum Gasteiger partial charge on any atom is -0.497 e. The van der Waals surface area contributed by atoms with Crippen molar-refractivity contribution in [1.29, 1.82) is 0 Å². The van der Waals surface area contributed by atoms with Gasteiger partial charge in [-0.3, -0.25) is 4.79 Å². The zero-order valence-electron chi connectivity index (χ0n) is 13.6. The van der Waals surface area contributed by atoms with Crippen LogP contribution in [-0.2, 0) is 4.79 Å². The normalized spacial score (nSPS) is 22.5. The van der Waals surface area contributed by atoms with Crippen LogP contribution < -0.4 is 4.74 Å². The average molecular weight is 303 g/mol. The maximum Gasteiger partial charge on any atom is 0.246 e. The van der Waals surface area contributed by atoms with Gasteiger partial charge in [-0.1, -0.05) is 26.0 Å². The number of carbonyl (C=O) groups excluding carboxylic acids is 1. The summed E-state index contributed by atoms with van der Waals surface area (Å²) in [7, 11) is 1.64. The predicted molar refractivity (Wildman–Crippen MR) is 87.6 cm³/mol. The molecule has 2 rings (SSSR count). The molecule has 22 heavy (non-hydrogen) atoms. The Labute approximate surface area is 132 Å². The first-order valence-corrected chi connectivity index (χ1v) is 7.87. The van der Waals surface area contributed by atoms with Gasteiger partial charge in [-0.05, 0) is 42.0 Å². The number of nitrogens with zero attached hydrogens (tertiary/aromatic N) is 1. The molecule has 1 aliphatic heterocycles. The zero-order chi connectivity index (χ0) is 16.1. The topological polar surface area (TPSA) is 49.8 Å². The van der Waals surface area contributed by atoms with E-state index in [0.717, 1.165) is 29.7 Å². The number of carbonyl (C=O) groups is 1. The SMILES string of the molecule is CC/C(=C/C(=O)N1CCC(C)C(O)C1)c1ccc(OC)cc1. The average Bonchev–Trinajstić information content (AvgIpc) is 2.55. The van der Waals surface area contributed by atoms with E-state index in [-0.39, 0.29) is 11.8 Å². The lowest BCUT2D eigenvalue weighted by molar-refractivity contribution is -0.130. The number of hydrogen-bond donors (Lipinski definition) is 1. The summed E-state index contributed by atoms with van der Waals surface area (Å²) >= 11 is 0. The fourth-order valence-corrected chi connectivity index (χ4v) is 2.68. The molecule has 0 radical (unpaired) electrons. The molecule has 1 heterocycles. The summed E-state index contributed by atoms with van der Waals surface area (Å²) in [4.78, 5) is 14.2. The number of aliphatic hydroxyl groups is 1. The highest BCUT2D eigenvalue weighted by Gasteiger charge is 2.26. The highest BCUT2D eigenvalue weighted by molar-refractivity contribution is 5.95. The van der Waals surface area contributed by atoms with Gasteiger partial charge < -0.3 is 14.7 Å². The van der Waals surface area contributed by atoms with E-state index in [9.17, 15) is 9.90 Å². The number of β-amino-alcohol motifs (C(OH)–C–C–N with tert-alkyl or cyclic N) is 1. The van der Waals surface area contributed by atoms with Crippen LogP contribution in [0.2, 0.25) is 0 Å². The molecule has 1 aliphatic rings. The Morgan fingerprint density at radius 3 is 2.64 bits per heavy atom. The maximum atomic E-state index is 12.4. The number of likely N-dealkylation sites (tertiary alicyclic amines) is 1. The molecule has 0 aliphatic carbocycles. The Balaban J connectivity index is 2.11. The first kappa shape index (κ1) is 16.6. The number of amides is 1. The van der Waals surface area contributed by atoms with Crippen molar-refractivity contribution in [2.45, 2.75) is 32.8 Å². The van der Waals surface area contributed by atoms with E-state index in [1.165, 1.54) is 0 Å². The fourth-order valence-electron chi connectivity index (χ4n) is 2.68. The van der Waals surface area contributed by atoms with Crippen LogP contribution in [0.15, 0.2) is 30.3 Å². The number of ether oxygens (including phenoxy) is 1. The number of hydrogen-bond acceptors (Lipinski definition) is 3. The summed E-state index contributed by atoms with van der Waals surface area (Å²) in [6.07, 6.45) is 2.91. The van der Waals surface area contributed by atoms with Gasteiger partial charge >= 0.3 is 0 Å². The molecule has 1 fully saturated rings. The summed E-state index contributed by atoms with van der Waals surface area (Å²) < 4.78 is 5.16. The molecule has 1 saturated heterocycles. The van der Waals surface area contributed by atoms with Gasteiger partial charge in [0.2, 0.25) is 5.91 Å². The summed E-state index contributed by atoms with van der Waals surface area (Å²) in [5.41, 5.74) is 2.03. The monoisotopic (exact) mass is 303 g/mol. The molecule has 4 heteroatoms. The van der Waals surface area contributed by atoms with E-state index in [1.54, 1.807) is 18.1 Å². The third-order valence-corrected chi connectivity index (χ3v) is 4.37. The Bertz CT molecular complexity index is 536. The molecule has 0 aromatic heterocycles. The van der Waals surface area contributed by atoms with E-state index in [0.29, 0.717) is 13.1 Å². The predicted octanol–water partition coefficient (Wildman–Crippen LogP) is 2.72. The Morgan fingerprint density at radius 1 is 1.41 bits per heavy atom. The molecule has 1 amide bonds. The number of piperidine rings is 1. The lowest BCUT2D eigenvalue weighted by Crippen LogP contribution is -2.45. The van der Waals surface area contributed by atoms with Crippen molar-refractivity contribution < 1.29 is 14.6 Å². The van der Waals surface area contributed by atoms with Crippen molar-refractivity contribution in [3.05, 3.63) is 35.9 Å². The largest absolute Gasteiger partial charge is 0.497 e. The van der Waals surface area contributed by atoms with Gasteiger partial charge in [0.05, 0.1) is 13.2 Å². The Hall–Kier alpha value is -1.81. The van der Waals surface area contributed by atoms with Gasteiger partial charge in [0.25, 0.3) is 0 Å². The van der Waals surface area contributed by atoms with Crippen LogP contribution in [0.5, 0.6) is 5.75 Å². The van der Waals surface area contributed by atoms with Crippen molar-refractivity contribution in [2.24, 2.45) is 5.92 Å². The standard InChI is InChI=1S/C18H25NO3/c1-4-14(15-5-7-16(22-3)8-6-15)11-18(21)19-10-9-13(2)17(20)12-19/h5-8,11,13,17,20H,4,9-10,12H2,1-3H3/b14-11-. The van der Waals surface area contributed by atoms with E-state index >= 15 is 0 Å². The molecule has 1 N–H and O–H groups in total. The minimum atomic E-state index is -0.419. The van der Waals surface area contributed by atoms with Crippen LogP contribution >= 0.6 is 0 Å². The van der Waals surface area contributed by atoms with Gasteiger partial charge in [-0.25, -0.2) is 0 Å². The van der Waals surface area contributed by atoms with Crippen molar-refractivity contribution in [3.8, 4) is 5.75 Å². The fraction of sp³-hybridized carbons (Fsp3) is 0.500. The zero-order valence-corrected chi connectivity index (χ0v) is 13.6. The van der Waals surface area contributed by atoms with Crippen LogP contribution in [0, 0.1) is 5.92 Å². The molecule has 2 unspecified atom stereocenters. The number of benzene rings is 1. The molecule has 1 aromatic rings. The van der Waals surface area contributed by atoms with Crippen LogP contribution in [0.3, 0.4) is 0 Å². The van der Waals surface area contributed by atoms with E-state index in [1.807, 2.05) is 38.1 Å². The quantitative estimate of drug-likeness (QED) is 0.870. The minimum absolute atomic E-state index is 0.0152. The Kier molecular flexibility index (Phi) is 5.61. The highest BCUT2D eigenvalue weighted by atomic mass is 16.5. The van der Waals surface area contributed by atoms with Crippen molar-refractivity contribution in [3.63, 3.8) is 0 Å². The molecule has 4 nitrogen and oxygen atoms in total. The second kappa shape index (κ2) is 7.45. The first-order chi connectivity index (χ1) is 10.5. The first-order valence-electron chi connectivity index (χ1n) is 7.87. The van der Waals surface area contributed by atoms with Gasteiger partial charge in [-0.15, -0.1) is 0 Å². The summed E-state index contributed by atoms with van der Waals surface area (Å²) in [6, 6.07) is 7.73. The van der Waals surface area contributed by atoms with Crippen LogP contribution in [0.4, 0.5) is 0 Å².